The second-order valence-corrected chi connectivity index (χ2v) is 7.59. The normalized spacial score (nSPS) is 20.2. The maximum atomic E-state index is 2.43. The van der Waals surface area contributed by atoms with Crippen LogP contribution in [0.25, 0.3) is 0 Å². The van der Waals surface area contributed by atoms with Gasteiger partial charge in [0.2, 0.25) is 0 Å². The van der Waals surface area contributed by atoms with Gasteiger partial charge in [0.05, 0.1) is 0 Å². The number of nitrogens with zero attached hydrogens (tertiary/aromatic N) is 2. The second-order valence-electron chi connectivity index (χ2n) is 7.59. The van der Waals surface area contributed by atoms with Crippen molar-refractivity contribution < 1.29 is 0 Å². The van der Waals surface area contributed by atoms with E-state index >= 15 is 0 Å². The molecule has 2 heterocycles. The zero-order chi connectivity index (χ0) is 18.5. The number of piperidine rings is 2. The SMILES string of the molecule is CC.CCC1CCN(C)CC1.CN1CCC(Cc2ccccc2)CC1. The van der Waals surface area contributed by atoms with Crippen LogP contribution in [0.3, 0.4) is 0 Å². The molecule has 3 rings (SSSR count). The van der Waals surface area contributed by atoms with E-state index in [0.29, 0.717) is 0 Å². The third kappa shape index (κ3) is 9.42. The van der Waals surface area contributed by atoms with Crippen molar-refractivity contribution in [1.82, 2.24) is 9.80 Å². The van der Waals surface area contributed by atoms with Crippen molar-refractivity contribution >= 4 is 0 Å². The molecule has 2 heteroatoms. The number of hydrogen-bond donors (Lipinski definition) is 0. The molecule has 0 saturated carbocycles. The largest absolute Gasteiger partial charge is 0.306 e. The van der Waals surface area contributed by atoms with Gasteiger partial charge in [0.15, 0.2) is 0 Å². The molecule has 0 bridgehead atoms. The van der Waals surface area contributed by atoms with Crippen LogP contribution in [0.15, 0.2) is 30.3 Å². The summed E-state index contributed by atoms with van der Waals surface area (Å²) in [5, 5.41) is 0. The van der Waals surface area contributed by atoms with Crippen molar-refractivity contribution in [2.24, 2.45) is 11.8 Å². The highest BCUT2D eigenvalue weighted by molar-refractivity contribution is 5.15. The van der Waals surface area contributed by atoms with Crippen molar-refractivity contribution in [3.8, 4) is 0 Å². The fourth-order valence-electron chi connectivity index (χ4n) is 3.68. The third-order valence-corrected chi connectivity index (χ3v) is 5.62. The van der Waals surface area contributed by atoms with E-state index in [-0.39, 0.29) is 0 Å². The van der Waals surface area contributed by atoms with Gasteiger partial charge < -0.3 is 9.80 Å². The molecule has 0 aliphatic carbocycles. The summed E-state index contributed by atoms with van der Waals surface area (Å²) < 4.78 is 0. The lowest BCUT2D eigenvalue weighted by atomic mass is 9.90. The number of likely N-dealkylation sites (tertiary alicyclic amines) is 2. The number of rotatable bonds is 3. The van der Waals surface area contributed by atoms with Crippen LogP contribution in [-0.2, 0) is 6.42 Å². The maximum absolute atomic E-state index is 2.43. The second kappa shape index (κ2) is 13.4. The van der Waals surface area contributed by atoms with Crippen molar-refractivity contribution in [2.45, 2.75) is 59.3 Å². The summed E-state index contributed by atoms with van der Waals surface area (Å²) in [6.45, 7) is 11.5. The predicted molar refractivity (Wildman–Crippen MR) is 112 cm³/mol. The van der Waals surface area contributed by atoms with Gasteiger partial charge in [-0.1, -0.05) is 57.5 Å². The molecule has 0 amide bonds. The Balaban J connectivity index is 0.000000246. The lowest BCUT2D eigenvalue weighted by Crippen LogP contribution is -2.30. The fourth-order valence-corrected chi connectivity index (χ4v) is 3.68. The standard InChI is InChI=1S/C13H19N.C8H17N.C2H6/c1-14-9-7-13(8-10-14)11-12-5-3-2-4-6-12;1-3-8-4-6-9(2)7-5-8;1-2/h2-6,13H,7-11H2,1H3;8H,3-7H2,1-2H3;1-2H3. The van der Waals surface area contributed by atoms with E-state index < -0.39 is 0 Å². The average Bonchev–Trinajstić information content (AvgIpc) is 2.67. The molecule has 2 aliphatic rings. The summed E-state index contributed by atoms with van der Waals surface area (Å²) in [6, 6.07) is 10.9. The van der Waals surface area contributed by atoms with Crippen LogP contribution in [0.1, 0.15) is 58.4 Å². The van der Waals surface area contributed by atoms with Crippen LogP contribution in [0.4, 0.5) is 0 Å². The topological polar surface area (TPSA) is 6.48 Å². The average molecular weight is 347 g/mol. The molecule has 1 aromatic rings. The van der Waals surface area contributed by atoms with Gasteiger partial charge in [-0.2, -0.15) is 0 Å². The minimum Gasteiger partial charge on any atom is -0.306 e. The van der Waals surface area contributed by atoms with E-state index in [9.17, 15) is 0 Å². The molecule has 144 valence electrons. The minimum absolute atomic E-state index is 0.911. The van der Waals surface area contributed by atoms with Crippen LogP contribution in [0.5, 0.6) is 0 Å². The van der Waals surface area contributed by atoms with Gasteiger partial charge in [-0.15, -0.1) is 0 Å². The summed E-state index contributed by atoms with van der Waals surface area (Å²) >= 11 is 0. The first kappa shape index (κ1) is 22.2. The summed E-state index contributed by atoms with van der Waals surface area (Å²) in [5.74, 6) is 1.94. The highest BCUT2D eigenvalue weighted by Crippen LogP contribution is 2.20. The Morgan fingerprint density at radius 2 is 1.20 bits per heavy atom. The van der Waals surface area contributed by atoms with Crippen LogP contribution in [0.2, 0.25) is 0 Å². The van der Waals surface area contributed by atoms with Crippen LogP contribution >= 0.6 is 0 Å². The molecule has 0 N–H and O–H groups in total. The van der Waals surface area contributed by atoms with Gasteiger partial charge in [0.25, 0.3) is 0 Å². The molecule has 2 saturated heterocycles. The molecule has 0 radical (unpaired) electrons. The van der Waals surface area contributed by atoms with E-state index in [4.69, 9.17) is 0 Å². The first-order valence-corrected chi connectivity index (χ1v) is 10.6. The molecule has 0 unspecified atom stereocenters. The molecule has 2 aliphatic heterocycles. The molecule has 1 aromatic carbocycles. The number of hydrogen-bond acceptors (Lipinski definition) is 2. The lowest BCUT2D eigenvalue weighted by molar-refractivity contribution is 0.216. The minimum atomic E-state index is 0.911. The number of benzene rings is 1. The van der Waals surface area contributed by atoms with Gasteiger partial charge in [0.1, 0.15) is 0 Å². The van der Waals surface area contributed by atoms with Gasteiger partial charge in [-0.05, 0) is 89.8 Å². The summed E-state index contributed by atoms with van der Waals surface area (Å²) in [6.07, 6.45) is 8.24. The van der Waals surface area contributed by atoms with E-state index in [1.165, 1.54) is 70.3 Å². The monoisotopic (exact) mass is 346 g/mol. The molecule has 0 spiro atoms. The maximum Gasteiger partial charge on any atom is -0.00190 e. The van der Waals surface area contributed by atoms with Gasteiger partial charge in [0, 0.05) is 0 Å². The van der Waals surface area contributed by atoms with E-state index in [1.54, 1.807) is 0 Å². The van der Waals surface area contributed by atoms with Gasteiger partial charge in [-0.25, -0.2) is 0 Å². The Bertz CT molecular complexity index is 401. The molecule has 0 aromatic heterocycles. The first-order chi connectivity index (χ1) is 12.2. The van der Waals surface area contributed by atoms with Crippen molar-refractivity contribution in [2.75, 3.05) is 40.3 Å². The smallest absolute Gasteiger partial charge is 0.00190 e. The van der Waals surface area contributed by atoms with E-state index in [2.05, 4.69) is 61.2 Å². The zero-order valence-electron chi connectivity index (χ0n) is 17.5. The molecular formula is C23H42N2. The summed E-state index contributed by atoms with van der Waals surface area (Å²) in [5.41, 5.74) is 1.50. The highest BCUT2D eigenvalue weighted by Gasteiger charge is 2.16. The molecule has 0 atom stereocenters. The van der Waals surface area contributed by atoms with Crippen LogP contribution in [-0.4, -0.2) is 50.1 Å². The predicted octanol–water partition coefficient (Wildman–Crippen LogP) is 5.34. The molecule has 25 heavy (non-hydrogen) atoms. The van der Waals surface area contributed by atoms with E-state index in [1.807, 2.05) is 13.8 Å². The molecular weight excluding hydrogens is 304 g/mol. The van der Waals surface area contributed by atoms with Gasteiger partial charge in [-0.3, -0.25) is 0 Å². The third-order valence-electron chi connectivity index (χ3n) is 5.62. The first-order valence-electron chi connectivity index (χ1n) is 10.6. The quantitative estimate of drug-likeness (QED) is 0.729. The summed E-state index contributed by atoms with van der Waals surface area (Å²) in [4.78, 5) is 4.85. The van der Waals surface area contributed by atoms with Crippen molar-refractivity contribution in [3.05, 3.63) is 35.9 Å². The Morgan fingerprint density at radius 3 is 1.64 bits per heavy atom. The fraction of sp³-hybridized carbons (Fsp3) is 0.739. The zero-order valence-corrected chi connectivity index (χ0v) is 17.5. The van der Waals surface area contributed by atoms with Crippen LogP contribution in [0, 0.1) is 11.8 Å². The summed E-state index contributed by atoms with van der Waals surface area (Å²) in [7, 11) is 4.44. The van der Waals surface area contributed by atoms with Crippen molar-refractivity contribution in [1.29, 1.82) is 0 Å². The lowest BCUT2D eigenvalue weighted by Gasteiger charge is -2.28. The molecule has 2 nitrogen and oxygen atoms in total. The van der Waals surface area contributed by atoms with E-state index in [0.717, 1.165) is 11.8 Å². The highest BCUT2D eigenvalue weighted by atomic mass is 15.1. The Kier molecular flexibility index (Phi) is 11.9. The Hall–Kier alpha value is -0.860. The van der Waals surface area contributed by atoms with Crippen molar-refractivity contribution in [3.63, 3.8) is 0 Å². The van der Waals surface area contributed by atoms with Crippen LogP contribution < -0.4 is 0 Å². The Labute approximate surface area is 157 Å². The molecule has 2 fully saturated rings. The van der Waals surface area contributed by atoms with Gasteiger partial charge >= 0.3 is 0 Å². The Morgan fingerprint density at radius 1 is 0.760 bits per heavy atom.